The summed E-state index contributed by atoms with van der Waals surface area (Å²) in [6.45, 7) is 0. The molecular weight excluding hydrogens is 729 g/mol. The van der Waals surface area contributed by atoms with E-state index in [-0.39, 0.29) is 0 Å². The second kappa shape index (κ2) is 11.1. The minimum Gasteiger partial charge on any atom is -0.437 e. The molecule has 0 radical (unpaired) electrons. The summed E-state index contributed by atoms with van der Waals surface area (Å²) in [6, 6.07) is 61.3. The molecule has 268 valence electrons. The van der Waals surface area contributed by atoms with Gasteiger partial charge in [0, 0.05) is 63.8 Å². The zero-order valence-corrected chi connectivity index (χ0v) is 31.6. The van der Waals surface area contributed by atoms with E-state index < -0.39 is 0 Å². The zero-order valence-electron chi connectivity index (χ0n) is 30.8. The summed E-state index contributed by atoms with van der Waals surface area (Å²) in [7, 11) is 0. The van der Waals surface area contributed by atoms with Crippen LogP contribution in [0.4, 0.5) is 0 Å². The van der Waals surface area contributed by atoms with Gasteiger partial charge in [-0.05, 0) is 53.6 Å². The third kappa shape index (κ3) is 3.94. The van der Waals surface area contributed by atoms with Crippen LogP contribution < -0.4 is 0 Å². The first-order valence-corrected chi connectivity index (χ1v) is 20.4. The Morgan fingerprint density at radius 2 is 1.09 bits per heavy atom. The van der Waals surface area contributed by atoms with E-state index >= 15 is 0 Å². The number of thiophene rings is 1. The van der Waals surface area contributed by atoms with Crippen LogP contribution in [0.25, 0.3) is 131 Å². The molecule has 0 aliphatic carbocycles. The van der Waals surface area contributed by atoms with Crippen molar-refractivity contribution in [1.29, 1.82) is 0 Å². The topological polar surface area (TPSA) is 48.8 Å². The van der Waals surface area contributed by atoms with Gasteiger partial charge in [-0.2, -0.15) is 4.98 Å². The molecular formula is C52H28N4OS. The predicted molar refractivity (Wildman–Crippen MR) is 241 cm³/mol. The Kier molecular flexibility index (Phi) is 5.85. The fraction of sp³-hybridized carbons (Fsp3) is 0. The van der Waals surface area contributed by atoms with Gasteiger partial charge in [0.05, 0.1) is 38.8 Å². The summed E-state index contributed by atoms with van der Waals surface area (Å²) in [4.78, 5) is 10.8. The van der Waals surface area contributed by atoms with Crippen molar-refractivity contribution < 1.29 is 4.42 Å². The molecule has 13 aromatic rings. The highest BCUT2D eigenvalue weighted by atomic mass is 32.1. The lowest BCUT2D eigenvalue weighted by molar-refractivity contribution is 0.651. The molecule has 1 aliphatic heterocycles. The van der Waals surface area contributed by atoms with Crippen LogP contribution in [0.1, 0.15) is 0 Å². The zero-order chi connectivity index (χ0) is 37.6. The summed E-state index contributed by atoms with van der Waals surface area (Å²) in [5.74, 6) is 0.577. The Morgan fingerprint density at radius 3 is 1.98 bits per heavy atom. The van der Waals surface area contributed by atoms with E-state index in [4.69, 9.17) is 14.4 Å². The second-order valence-electron chi connectivity index (χ2n) is 15.3. The van der Waals surface area contributed by atoms with Crippen LogP contribution in [-0.2, 0) is 0 Å². The molecule has 6 heterocycles. The predicted octanol–water partition coefficient (Wildman–Crippen LogP) is 14.3. The van der Waals surface area contributed by atoms with Crippen LogP contribution >= 0.6 is 11.3 Å². The second-order valence-corrected chi connectivity index (χ2v) is 16.4. The highest BCUT2D eigenvalue weighted by molar-refractivity contribution is 7.25. The van der Waals surface area contributed by atoms with Crippen LogP contribution in [-0.4, -0.2) is 19.1 Å². The number of para-hydroxylation sites is 4. The Balaban J connectivity index is 1.10. The van der Waals surface area contributed by atoms with Gasteiger partial charge in [0.1, 0.15) is 5.58 Å². The SMILES string of the molecule is c1ccc2c(c1)-c1ccccc1-n1c3cc4c5ccccc5n(-c5nc(-c6ccc7c(c6)sc6ccccc67)c6c(n5)oc5ccccc56)c4cc3c3cccc-2c31. The van der Waals surface area contributed by atoms with Crippen molar-refractivity contribution in [3.05, 3.63) is 170 Å². The van der Waals surface area contributed by atoms with Gasteiger partial charge in [-0.3, -0.25) is 4.57 Å². The lowest BCUT2D eigenvalue weighted by atomic mass is 9.94. The average Bonchev–Trinajstić information content (AvgIpc) is 4.00. The van der Waals surface area contributed by atoms with Crippen molar-refractivity contribution in [1.82, 2.24) is 19.1 Å². The van der Waals surface area contributed by atoms with Crippen molar-refractivity contribution in [2.75, 3.05) is 0 Å². The first-order valence-electron chi connectivity index (χ1n) is 19.6. The summed E-state index contributed by atoms with van der Waals surface area (Å²) in [5, 5.41) is 9.14. The molecule has 58 heavy (non-hydrogen) atoms. The molecule has 0 amide bonds. The van der Waals surface area contributed by atoms with E-state index in [9.17, 15) is 0 Å². The fourth-order valence-corrected chi connectivity index (χ4v) is 11.0. The molecule has 0 unspecified atom stereocenters. The molecule has 0 saturated carbocycles. The van der Waals surface area contributed by atoms with Crippen LogP contribution in [0.2, 0.25) is 0 Å². The Hall–Kier alpha value is -7.54. The van der Waals surface area contributed by atoms with Crippen LogP contribution in [0.15, 0.2) is 174 Å². The maximum Gasteiger partial charge on any atom is 0.238 e. The maximum atomic E-state index is 6.59. The maximum absolute atomic E-state index is 6.59. The Labute approximate surface area is 334 Å². The van der Waals surface area contributed by atoms with Crippen molar-refractivity contribution in [2.24, 2.45) is 0 Å². The normalized spacial score (nSPS) is 12.5. The first-order chi connectivity index (χ1) is 28.8. The van der Waals surface area contributed by atoms with Gasteiger partial charge in [-0.15, -0.1) is 11.3 Å². The number of rotatable bonds is 2. The minimum absolute atomic E-state index is 0.573. The van der Waals surface area contributed by atoms with Gasteiger partial charge in [0.2, 0.25) is 11.7 Å². The molecule has 5 aromatic heterocycles. The lowest BCUT2D eigenvalue weighted by Crippen LogP contribution is -2.03. The lowest BCUT2D eigenvalue weighted by Gasteiger charge is -2.12. The molecule has 0 bridgehead atoms. The van der Waals surface area contributed by atoms with Gasteiger partial charge in [0.15, 0.2) is 0 Å². The first kappa shape index (κ1) is 30.7. The van der Waals surface area contributed by atoms with Gasteiger partial charge in [-0.1, -0.05) is 127 Å². The molecule has 6 heteroatoms. The molecule has 0 saturated heterocycles. The fourth-order valence-electron chi connectivity index (χ4n) is 9.85. The quantitative estimate of drug-likeness (QED) is 0.176. The van der Waals surface area contributed by atoms with E-state index in [0.29, 0.717) is 11.7 Å². The van der Waals surface area contributed by atoms with Crippen molar-refractivity contribution in [3.8, 4) is 45.1 Å². The van der Waals surface area contributed by atoms with E-state index in [1.165, 1.54) is 69.9 Å². The molecule has 0 atom stereocenters. The van der Waals surface area contributed by atoms with E-state index in [1.54, 1.807) is 0 Å². The summed E-state index contributed by atoms with van der Waals surface area (Å²) < 4.78 is 13.8. The molecule has 14 rings (SSSR count). The van der Waals surface area contributed by atoms with Crippen LogP contribution in [0.3, 0.4) is 0 Å². The van der Waals surface area contributed by atoms with E-state index in [2.05, 4.69) is 167 Å². The van der Waals surface area contributed by atoms with Gasteiger partial charge in [-0.25, -0.2) is 4.98 Å². The van der Waals surface area contributed by atoms with Crippen molar-refractivity contribution >= 4 is 97.2 Å². The molecule has 0 spiro atoms. The summed E-state index contributed by atoms with van der Waals surface area (Å²) in [5.41, 5.74) is 13.9. The average molecular weight is 757 g/mol. The standard InChI is InChI=1S/C52H28N4OS/c1-2-13-31-30(12-1)32-14-3-7-20-41(32)55-43-27-39-33-15-4-8-21-42(33)56(44(39)28-40(43)37-19-11-18-36(31)50(37)55)52-53-49(48-38-17-5-9-22-45(38)57-51(48)54-52)29-24-25-35-34-16-6-10-23-46(34)58-47(35)26-29/h1-28H. The molecule has 1 aliphatic rings. The summed E-state index contributed by atoms with van der Waals surface area (Å²) >= 11 is 1.82. The third-order valence-corrected chi connectivity index (χ3v) is 13.4. The van der Waals surface area contributed by atoms with Crippen molar-refractivity contribution in [3.63, 3.8) is 0 Å². The molecule has 0 fully saturated rings. The van der Waals surface area contributed by atoms with Gasteiger partial charge < -0.3 is 8.98 Å². The smallest absolute Gasteiger partial charge is 0.238 e. The van der Waals surface area contributed by atoms with Crippen molar-refractivity contribution in [2.45, 2.75) is 0 Å². The number of hydrogen-bond acceptors (Lipinski definition) is 4. The summed E-state index contributed by atoms with van der Waals surface area (Å²) in [6.07, 6.45) is 0. The monoisotopic (exact) mass is 756 g/mol. The number of fused-ring (bicyclic) bond motifs is 17. The highest BCUT2D eigenvalue weighted by Crippen LogP contribution is 2.48. The number of benzene rings is 8. The Bertz CT molecular complexity index is 3940. The number of furan rings is 1. The van der Waals surface area contributed by atoms with E-state index in [0.717, 1.165) is 49.4 Å². The highest BCUT2D eigenvalue weighted by Gasteiger charge is 2.27. The number of hydrogen-bond donors (Lipinski definition) is 0. The number of aromatic nitrogens is 4. The Morgan fingerprint density at radius 1 is 0.431 bits per heavy atom. The number of nitrogens with zero attached hydrogens (tertiary/aromatic N) is 4. The third-order valence-electron chi connectivity index (χ3n) is 12.3. The van der Waals surface area contributed by atoms with Crippen LogP contribution in [0, 0.1) is 0 Å². The molecule has 8 aromatic carbocycles. The molecule has 5 nitrogen and oxygen atoms in total. The van der Waals surface area contributed by atoms with Crippen LogP contribution in [0.5, 0.6) is 0 Å². The van der Waals surface area contributed by atoms with E-state index in [1.807, 2.05) is 23.5 Å². The van der Waals surface area contributed by atoms with Gasteiger partial charge in [0.25, 0.3) is 0 Å². The van der Waals surface area contributed by atoms with Gasteiger partial charge >= 0.3 is 0 Å². The molecule has 0 N–H and O–H groups in total. The largest absolute Gasteiger partial charge is 0.437 e. The minimum atomic E-state index is 0.573.